The summed E-state index contributed by atoms with van der Waals surface area (Å²) in [6, 6.07) is 5.92. The number of aryl methyl sites for hydroxylation is 1. The van der Waals surface area contributed by atoms with E-state index in [0.717, 1.165) is 21.4 Å². The topological polar surface area (TPSA) is 23.4 Å². The summed E-state index contributed by atoms with van der Waals surface area (Å²) in [5.41, 5.74) is 1.37. The fourth-order valence-corrected chi connectivity index (χ4v) is 2.92. The second-order valence-electron chi connectivity index (χ2n) is 6.42. The summed E-state index contributed by atoms with van der Waals surface area (Å²) in [5.74, 6) is 0. The molecule has 106 valence electrons. The molecule has 2 heterocycles. The third kappa shape index (κ3) is 1.90. The molecule has 0 radical (unpaired) electrons. The van der Waals surface area contributed by atoms with Crippen molar-refractivity contribution in [3.05, 3.63) is 29.4 Å². The van der Waals surface area contributed by atoms with E-state index in [1.165, 1.54) is 0 Å². The maximum Gasteiger partial charge on any atom is 0.497 e. The summed E-state index contributed by atoms with van der Waals surface area (Å²) < 4.78 is 14.3. The fraction of sp³-hybridized carbons (Fsp3) is 0.467. The van der Waals surface area contributed by atoms with Gasteiger partial charge in [-0.05, 0) is 33.8 Å². The van der Waals surface area contributed by atoms with Crippen molar-refractivity contribution in [2.45, 2.75) is 38.9 Å². The van der Waals surface area contributed by atoms with E-state index in [9.17, 15) is 0 Å². The Morgan fingerprint density at radius 2 is 1.70 bits per heavy atom. The first-order valence-electron chi connectivity index (χ1n) is 6.82. The Hall–Kier alpha value is -0.965. The Balaban J connectivity index is 2.12. The second kappa shape index (κ2) is 4.26. The Kier molecular flexibility index (Phi) is 2.98. The molecule has 1 saturated heterocycles. The van der Waals surface area contributed by atoms with Gasteiger partial charge in [-0.1, -0.05) is 23.7 Å². The molecule has 0 spiro atoms. The van der Waals surface area contributed by atoms with Crippen LogP contribution in [0.3, 0.4) is 0 Å². The zero-order valence-corrected chi connectivity index (χ0v) is 13.3. The van der Waals surface area contributed by atoms with Gasteiger partial charge in [0.2, 0.25) is 0 Å². The first-order valence-corrected chi connectivity index (χ1v) is 7.20. The van der Waals surface area contributed by atoms with Gasteiger partial charge in [0.15, 0.2) is 0 Å². The first-order chi connectivity index (χ1) is 9.23. The summed E-state index contributed by atoms with van der Waals surface area (Å²) in [6.07, 6.45) is 2.04. The minimum Gasteiger partial charge on any atom is -0.399 e. The lowest BCUT2D eigenvalue weighted by Crippen LogP contribution is -2.41. The average Bonchev–Trinajstić information content (AvgIpc) is 2.76. The van der Waals surface area contributed by atoms with Crippen LogP contribution in [0.15, 0.2) is 24.4 Å². The van der Waals surface area contributed by atoms with Crippen molar-refractivity contribution in [1.82, 2.24) is 4.57 Å². The average molecular weight is 292 g/mol. The molecule has 1 aromatic carbocycles. The van der Waals surface area contributed by atoms with Gasteiger partial charge < -0.3 is 13.9 Å². The van der Waals surface area contributed by atoms with Gasteiger partial charge in [0, 0.05) is 24.1 Å². The van der Waals surface area contributed by atoms with E-state index in [0.29, 0.717) is 0 Å². The zero-order valence-electron chi connectivity index (χ0n) is 12.5. The van der Waals surface area contributed by atoms with Gasteiger partial charge >= 0.3 is 7.12 Å². The van der Waals surface area contributed by atoms with E-state index in [4.69, 9.17) is 20.9 Å². The van der Waals surface area contributed by atoms with E-state index in [-0.39, 0.29) is 18.3 Å². The third-order valence-corrected chi connectivity index (χ3v) is 4.80. The number of hydrogen-bond acceptors (Lipinski definition) is 2. The molecule has 0 aliphatic carbocycles. The lowest BCUT2D eigenvalue weighted by atomic mass is 9.79. The Bertz CT molecular complexity index is 662. The summed E-state index contributed by atoms with van der Waals surface area (Å²) in [6.45, 7) is 8.24. The molecule has 5 heteroatoms. The standard InChI is InChI=1S/C15H19BClNO2/c1-14(2)15(3,4)20-16(19-14)11-9-18(5)13-10(11)7-6-8-12(13)17/h6-9H,1-5H3. The number of para-hydroxylation sites is 1. The van der Waals surface area contributed by atoms with Crippen LogP contribution in [0.2, 0.25) is 5.02 Å². The number of hydrogen-bond donors (Lipinski definition) is 0. The highest BCUT2D eigenvalue weighted by atomic mass is 35.5. The van der Waals surface area contributed by atoms with Crippen molar-refractivity contribution in [3.63, 3.8) is 0 Å². The molecular weight excluding hydrogens is 272 g/mol. The smallest absolute Gasteiger partial charge is 0.399 e. The Labute approximate surface area is 125 Å². The molecule has 2 aromatic rings. The van der Waals surface area contributed by atoms with E-state index < -0.39 is 0 Å². The van der Waals surface area contributed by atoms with Crippen molar-refractivity contribution in [2.75, 3.05) is 0 Å². The van der Waals surface area contributed by atoms with Crippen molar-refractivity contribution < 1.29 is 9.31 Å². The fourth-order valence-electron chi connectivity index (χ4n) is 2.61. The highest BCUT2D eigenvalue weighted by Gasteiger charge is 2.52. The third-order valence-electron chi connectivity index (χ3n) is 4.49. The van der Waals surface area contributed by atoms with Crippen LogP contribution in [0.1, 0.15) is 27.7 Å². The molecule has 20 heavy (non-hydrogen) atoms. The van der Waals surface area contributed by atoms with E-state index in [1.54, 1.807) is 0 Å². The molecule has 0 amide bonds. The molecule has 1 aromatic heterocycles. The molecule has 1 aliphatic rings. The zero-order chi connectivity index (χ0) is 14.7. The minimum absolute atomic E-state index is 0.335. The number of aromatic nitrogens is 1. The second-order valence-corrected chi connectivity index (χ2v) is 6.83. The molecule has 3 rings (SSSR count). The predicted molar refractivity (Wildman–Crippen MR) is 83.6 cm³/mol. The van der Waals surface area contributed by atoms with E-state index >= 15 is 0 Å². The molecular formula is C15H19BClNO2. The first kappa shape index (κ1) is 14.0. The number of fused-ring (bicyclic) bond motifs is 1. The molecule has 1 fully saturated rings. The van der Waals surface area contributed by atoms with Crippen LogP contribution in [0.25, 0.3) is 10.9 Å². The molecule has 0 unspecified atom stereocenters. The largest absolute Gasteiger partial charge is 0.497 e. The minimum atomic E-state index is -0.359. The maximum absolute atomic E-state index is 6.29. The van der Waals surface area contributed by atoms with Crippen LogP contribution >= 0.6 is 11.6 Å². The van der Waals surface area contributed by atoms with Gasteiger partial charge in [0.05, 0.1) is 21.7 Å². The Morgan fingerprint density at radius 1 is 1.10 bits per heavy atom. The number of halogens is 1. The van der Waals surface area contributed by atoms with Crippen LogP contribution < -0.4 is 5.46 Å². The Morgan fingerprint density at radius 3 is 2.30 bits per heavy atom. The van der Waals surface area contributed by atoms with Crippen LogP contribution in [0.5, 0.6) is 0 Å². The van der Waals surface area contributed by atoms with Crippen LogP contribution in [0.4, 0.5) is 0 Å². The van der Waals surface area contributed by atoms with Gasteiger partial charge in [0.25, 0.3) is 0 Å². The van der Waals surface area contributed by atoms with Gasteiger partial charge in [-0.25, -0.2) is 0 Å². The van der Waals surface area contributed by atoms with Crippen LogP contribution in [-0.2, 0) is 16.4 Å². The van der Waals surface area contributed by atoms with Crippen LogP contribution in [-0.4, -0.2) is 22.9 Å². The monoisotopic (exact) mass is 291 g/mol. The molecule has 0 N–H and O–H groups in total. The molecule has 3 nitrogen and oxygen atoms in total. The highest BCUT2D eigenvalue weighted by molar-refractivity contribution is 6.65. The lowest BCUT2D eigenvalue weighted by Gasteiger charge is -2.32. The summed E-state index contributed by atoms with van der Waals surface area (Å²) >= 11 is 6.29. The number of benzene rings is 1. The summed E-state index contributed by atoms with van der Waals surface area (Å²) in [7, 11) is 1.63. The number of nitrogens with zero attached hydrogens (tertiary/aromatic N) is 1. The van der Waals surface area contributed by atoms with Gasteiger partial charge in [0.1, 0.15) is 0 Å². The lowest BCUT2D eigenvalue weighted by molar-refractivity contribution is 0.00578. The highest BCUT2D eigenvalue weighted by Crippen LogP contribution is 2.37. The van der Waals surface area contributed by atoms with Gasteiger partial charge in [-0.3, -0.25) is 0 Å². The molecule has 1 aliphatic heterocycles. The van der Waals surface area contributed by atoms with Crippen molar-refractivity contribution in [1.29, 1.82) is 0 Å². The maximum atomic E-state index is 6.29. The van der Waals surface area contributed by atoms with E-state index in [1.807, 2.05) is 29.9 Å². The van der Waals surface area contributed by atoms with E-state index in [2.05, 4.69) is 33.8 Å². The number of rotatable bonds is 1. The van der Waals surface area contributed by atoms with Crippen molar-refractivity contribution >= 4 is 35.1 Å². The molecule has 0 saturated carbocycles. The van der Waals surface area contributed by atoms with Gasteiger partial charge in [-0.15, -0.1) is 0 Å². The summed E-state index contributed by atoms with van der Waals surface area (Å²) in [4.78, 5) is 0. The van der Waals surface area contributed by atoms with Crippen LogP contribution in [0, 0.1) is 0 Å². The summed E-state index contributed by atoms with van der Waals surface area (Å²) in [5, 5.41) is 1.83. The van der Waals surface area contributed by atoms with Crippen molar-refractivity contribution in [2.24, 2.45) is 7.05 Å². The molecule has 0 bridgehead atoms. The quantitative estimate of drug-likeness (QED) is 0.754. The van der Waals surface area contributed by atoms with Gasteiger partial charge in [-0.2, -0.15) is 0 Å². The van der Waals surface area contributed by atoms with Crippen molar-refractivity contribution in [3.8, 4) is 0 Å². The predicted octanol–water partition coefficient (Wildman–Crippen LogP) is 3.13. The molecule has 0 atom stereocenters. The normalized spacial score (nSPS) is 20.8. The SMILES string of the molecule is Cn1cc(B2OC(C)(C)C(C)(C)O2)c2cccc(Cl)c21.